The van der Waals surface area contributed by atoms with Crippen LogP contribution in [-0.4, -0.2) is 12.9 Å². The molecule has 0 heterocycles. The van der Waals surface area contributed by atoms with Gasteiger partial charge in [-0.3, -0.25) is 4.79 Å². The van der Waals surface area contributed by atoms with Gasteiger partial charge < -0.3 is 16.2 Å². The average Bonchev–Trinajstić information content (AvgIpc) is 2.68. The van der Waals surface area contributed by atoms with E-state index in [9.17, 15) is 4.79 Å². The number of halogens is 2. The minimum atomic E-state index is -0.0757. The summed E-state index contributed by atoms with van der Waals surface area (Å²) in [5.41, 5.74) is 15.6. The lowest BCUT2D eigenvalue weighted by Crippen LogP contribution is -2.00. The van der Waals surface area contributed by atoms with Crippen LogP contribution in [0.15, 0.2) is 27.1 Å². The number of ketones is 1. The fourth-order valence-electron chi connectivity index (χ4n) is 2.38. The maximum absolute atomic E-state index is 12.5. The quantitative estimate of drug-likeness (QED) is 0.615. The Kier molecular flexibility index (Phi) is 3.02. The highest BCUT2D eigenvalue weighted by atomic mass is 79.9. The van der Waals surface area contributed by atoms with E-state index in [0.717, 1.165) is 15.6 Å². The van der Waals surface area contributed by atoms with Crippen molar-refractivity contribution in [1.29, 1.82) is 0 Å². The van der Waals surface area contributed by atoms with Gasteiger partial charge in [0.25, 0.3) is 0 Å². The molecule has 0 unspecified atom stereocenters. The van der Waals surface area contributed by atoms with Crippen LogP contribution in [0.3, 0.4) is 0 Å². The van der Waals surface area contributed by atoms with Gasteiger partial charge in [0.2, 0.25) is 0 Å². The Morgan fingerprint density at radius 2 is 1.75 bits per heavy atom. The molecule has 0 saturated carbocycles. The number of nitrogens with two attached hydrogens (primary N) is 2. The first-order chi connectivity index (χ1) is 9.45. The second-order valence-corrected chi connectivity index (χ2v) is 6.12. The topological polar surface area (TPSA) is 78.3 Å². The Morgan fingerprint density at radius 3 is 2.40 bits per heavy atom. The molecule has 1 aliphatic rings. The van der Waals surface area contributed by atoms with Gasteiger partial charge >= 0.3 is 0 Å². The predicted molar refractivity (Wildman–Crippen MR) is 86.1 cm³/mol. The molecule has 3 rings (SSSR count). The van der Waals surface area contributed by atoms with Crippen molar-refractivity contribution >= 4 is 49.0 Å². The average molecular weight is 398 g/mol. The molecule has 0 radical (unpaired) electrons. The van der Waals surface area contributed by atoms with Crippen molar-refractivity contribution in [2.75, 3.05) is 18.6 Å². The minimum Gasteiger partial charge on any atom is -0.495 e. The number of carbonyl (C=O) groups is 1. The normalized spacial score (nSPS) is 12.2. The fourth-order valence-corrected chi connectivity index (χ4v) is 3.35. The number of hydrogen-bond donors (Lipinski definition) is 2. The van der Waals surface area contributed by atoms with Crippen molar-refractivity contribution in [3.05, 3.63) is 38.3 Å². The molecule has 20 heavy (non-hydrogen) atoms. The van der Waals surface area contributed by atoms with E-state index in [1.807, 2.05) is 6.07 Å². The SMILES string of the molecule is COc1cc2c(c(Br)c1N)-c1cc(Br)c(N)cc1C2=O. The molecule has 6 heteroatoms. The first kappa shape index (κ1) is 13.5. The molecular weight excluding hydrogens is 388 g/mol. The molecule has 0 fully saturated rings. The summed E-state index contributed by atoms with van der Waals surface area (Å²) in [6.07, 6.45) is 0. The molecule has 0 bridgehead atoms. The van der Waals surface area contributed by atoms with E-state index in [-0.39, 0.29) is 5.78 Å². The Bertz CT molecular complexity index is 772. The fraction of sp³-hybridized carbons (Fsp3) is 0.0714. The summed E-state index contributed by atoms with van der Waals surface area (Å²) in [6, 6.07) is 5.18. The summed E-state index contributed by atoms with van der Waals surface area (Å²) in [4.78, 5) is 12.5. The zero-order chi connectivity index (χ0) is 14.6. The van der Waals surface area contributed by atoms with E-state index in [1.165, 1.54) is 7.11 Å². The molecule has 0 spiro atoms. The number of hydrogen-bond acceptors (Lipinski definition) is 4. The van der Waals surface area contributed by atoms with E-state index < -0.39 is 0 Å². The lowest BCUT2D eigenvalue weighted by atomic mass is 10.0. The molecule has 4 nitrogen and oxygen atoms in total. The van der Waals surface area contributed by atoms with Gasteiger partial charge in [0.1, 0.15) is 5.75 Å². The zero-order valence-corrected chi connectivity index (χ0v) is 13.6. The first-order valence-electron chi connectivity index (χ1n) is 5.75. The predicted octanol–water partition coefficient (Wildman–Crippen LogP) is 3.60. The maximum Gasteiger partial charge on any atom is 0.194 e. The van der Waals surface area contributed by atoms with Crippen LogP contribution < -0.4 is 16.2 Å². The Morgan fingerprint density at radius 1 is 1.05 bits per heavy atom. The molecule has 1 aliphatic carbocycles. The summed E-state index contributed by atoms with van der Waals surface area (Å²) in [5, 5.41) is 0. The first-order valence-corrected chi connectivity index (χ1v) is 7.34. The van der Waals surface area contributed by atoms with Gasteiger partial charge in [-0.1, -0.05) is 0 Å². The number of carbonyl (C=O) groups excluding carboxylic acids is 1. The molecule has 0 amide bonds. The number of ether oxygens (including phenoxy) is 1. The van der Waals surface area contributed by atoms with Gasteiger partial charge in [-0.15, -0.1) is 0 Å². The summed E-state index contributed by atoms with van der Waals surface area (Å²) >= 11 is 6.84. The van der Waals surface area contributed by atoms with E-state index in [1.54, 1.807) is 12.1 Å². The van der Waals surface area contributed by atoms with Crippen LogP contribution in [0.25, 0.3) is 11.1 Å². The van der Waals surface area contributed by atoms with E-state index in [4.69, 9.17) is 16.2 Å². The summed E-state index contributed by atoms with van der Waals surface area (Å²) in [5.74, 6) is 0.400. The van der Waals surface area contributed by atoms with Crippen LogP contribution in [0.1, 0.15) is 15.9 Å². The second kappa shape index (κ2) is 4.49. The zero-order valence-electron chi connectivity index (χ0n) is 10.5. The highest BCUT2D eigenvalue weighted by Crippen LogP contribution is 2.48. The Balaban J connectivity index is 2.39. The van der Waals surface area contributed by atoms with Gasteiger partial charge in [-0.2, -0.15) is 0 Å². The lowest BCUT2D eigenvalue weighted by Gasteiger charge is -2.11. The van der Waals surface area contributed by atoms with Gasteiger partial charge in [-0.05, 0) is 55.6 Å². The highest BCUT2D eigenvalue weighted by molar-refractivity contribution is 9.11. The van der Waals surface area contributed by atoms with Crippen molar-refractivity contribution in [2.45, 2.75) is 0 Å². The van der Waals surface area contributed by atoms with Crippen LogP contribution in [0, 0.1) is 0 Å². The van der Waals surface area contributed by atoms with Crippen molar-refractivity contribution in [3.8, 4) is 16.9 Å². The molecule has 4 N–H and O–H groups in total. The summed E-state index contributed by atoms with van der Waals surface area (Å²) in [6.45, 7) is 0. The largest absolute Gasteiger partial charge is 0.495 e. The maximum atomic E-state index is 12.5. The molecule has 0 atom stereocenters. The summed E-state index contributed by atoms with van der Waals surface area (Å²) in [7, 11) is 1.52. The van der Waals surface area contributed by atoms with Gasteiger partial charge in [-0.25, -0.2) is 0 Å². The smallest absolute Gasteiger partial charge is 0.194 e. The molecule has 2 aromatic rings. The molecule has 0 saturated heterocycles. The number of anilines is 2. The van der Waals surface area contributed by atoms with Gasteiger partial charge in [0.15, 0.2) is 5.78 Å². The third-order valence-corrected chi connectivity index (χ3v) is 4.89. The number of methoxy groups -OCH3 is 1. The summed E-state index contributed by atoms with van der Waals surface area (Å²) < 4.78 is 6.62. The number of nitrogen functional groups attached to an aromatic ring is 2. The van der Waals surface area contributed by atoms with Crippen LogP contribution >= 0.6 is 31.9 Å². The monoisotopic (exact) mass is 396 g/mol. The number of fused-ring (bicyclic) bond motifs is 3. The lowest BCUT2D eigenvalue weighted by molar-refractivity contribution is 0.104. The highest BCUT2D eigenvalue weighted by Gasteiger charge is 2.31. The number of benzene rings is 2. The molecule has 0 aliphatic heterocycles. The third-order valence-electron chi connectivity index (χ3n) is 3.38. The molecule has 102 valence electrons. The van der Waals surface area contributed by atoms with E-state index in [2.05, 4.69) is 31.9 Å². The molecular formula is C14H10Br2N2O2. The third kappa shape index (κ3) is 1.68. The van der Waals surface area contributed by atoms with Crippen molar-refractivity contribution in [1.82, 2.24) is 0 Å². The van der Waals surface area contributed by atoms with Crippen LogP contribution in [0.2, 0.25) is 0 Å². The molecule has 2 aromatic carbocycles. The van der Waals surface area contributed by atoms with Gasteiger partial charge in [0, 0.05) is 26.9 Å². The van der Waals surface area contributed by atoms with Crippen LogP contribution in [-0.2, 0) is 0 Å². The Labute approximate surface area is 132 Å². The Hall–Kier alpha value is -1.53. The van der Waals surface area contributed by atoms with Gasteiger partial charge in [0.05, 0.1) is 17.3 Å². The van der Waals surface area contributed by atoms with E-state index in [0.29, 0.717) is 32.7 Å². The van der Waals surface area contributed by atoms with Crippen molar-refractivity contribution < 1.29 is 9.53 Å². The van der Waals surface area contributed by atoms with Crippen molar-refractivity contribution in [2.24, 2.45) is 0 Å². The van der Waals surface area contributed by atoms with Crippen LogP contribution in [0.4, 0.5) is 11.4 Å². The number of rotatable bonds is 1. The van der Waals surface area contributed by atoms with Crippen molar-refractivity contribution in [3.63, 3.8) is 0 Å². The second-order valence-electron chi connectivity index (χ2n) is 4.48. The molecule has 0 aromatic heterocycles. The van der Waals surface area contributed by atoms with E-state index >= 15 is 0 Å². The van der Waals surface area contributed by atoms with Crippen LogP contribution in [0.5, 0.6) is 5.75 Å². The minimum absolute atomic E-state index is 0.0757. The standard InChI is InChI=1S/C14H10Br2N2O2/c1-20-10-4-7-11(12(16)13(10)18)5-2-8(15)9(17)3-6(5)14(7)19/h2-4H,17-18H2,1H3.